The highest BCUT2D eigenvalue weighted by Crippen LogP contribution is 2.37. The summed E-state index contributed by atoms with van der Waals surface area (Å²) in [5, 5.41) is 11.6. The van der Waals surface area contributed by atoms with Crippen LogP contribution in [0.1, 0.15) is 35.3 Å². The molecule has 0 radical (unpaired) electrons. The molecule has 2 fully saturated rings. The Morgan fingerprint density at radius 2 is 2.25 bits per heavy atom. The Hall–Kier alpha value is -2.11. The molecule has 2 heterocycles. The number of hydrogen-bond donors (Lipinski definition) is 2. The number of likely N-dealkylation sites (tertiary alicyclic amines) is 1. The first kappa shape index (κ1) is 12.9. The molecule has 2 atom stereocenters. The van der Waals surface area contributed by atoms with Gasteiger partial charge in [0, 0.05) is 25.3 Å². The van der Waals surface area contributed by atoms with E-state index in [4.69, 9.17) is 5.11 Å². The minimum Gasteiger partial charge on any atom is -0.477 e. The Kier molecular flexibility index (Phi) is 3.30. The predicted molar refractivity (Wildman–Crippen MR) is 71.3 cm³/mol. The number of aromatic nitrogens is 1. The van der Waals surface area contributed by atoms with Gasteiger partial charge in [-0.05, 0) is 36.8 Å². The van der Waals surface area contributed by atoms with Crippen LogP contribution in [0.4, 0.5) is 4.79 Å². The highest BCUT2D eigenvalue weighted by Gasteiger charge is 2.40. The monoisotopic (exact) mass is 275 g/mol. The summed E-state index contributed by atoms with van der Waals surface area (Å²) in [6.07, 6.45) is 4.99. The van der Waals surface area contributed by atoms with Crippen LogP contribution in [0.15, 0.2) is 18.3 Å². The SMILES string of the molecule is O=C(O)c1ccc(CNC(=O)N2CC3CCC2C3)cn1. The van der Waals surface area contributed by atoms with E-state index in [0.717, 1.165) is 24.9 Å². The van der Waals surface area contributed by atoms with Crippen molar-refractivity contribution in [2.24, 2.45) is 5.92 Å². The van der Waals surface area contributed by atoms with Crippen molar-refractivity contribution in [3.8, 4) is 0 Å². The van der Waals surface area contributed by atoms with Gasteiger partial charge in [0.25, 0.3) is 0 Å². The van der Waals surface area contributed by atoms with E-state index in [1.165, 1.54) is 18.7 Å². The van der Waals surface area contributed by atoms with Crippen molar-refractivity contribution < 1.29 is 14.7 Å². The van der Waals surface area contributed by atoms with E-state index in [1.54, 1.807) is 6.07 Å². The second kappa shape index (κ2) is 5.11. The second-order valence-electron chi connectivity index (χ2n) is 5.50. The summed E-state index contributed by atoms with van der Waals surface area (Å²) in [6, 6.07) is 3.50. The zero-order chi connectivity index (χ0) is 14.1. The first-order valence-electron chi connectivity index (χ1n) is 6.86. The highest BCUT2D eigenvalue weighted by atomic mass is 16.4. The molecule has 3 rings (SSSR count). The molecular formula is C14H17N3O3. The first-order valence-corrected chi connectivity index (χ1v) is 6.86. The number of carbonyl (C=O) groups excluding carboxylic acids is 1. The molecule has 1 saturated heterocycles. The third-order valence-corrected chi connectivity index (χ3v) is 4.16. The molecule has 2 N–H and O–H groups in total. The first-order chi connectivity index (χ1) is 9.63. The molecule has 2 amide bonds. The summed E-state index contributed by atoms with van der Waals surface area (Å²) in [7, 11) is 0. The molecule has 2 unspecified atom stereocenters. The number of carbonyl (C=O) groups is 2. The van der Waals surface area contributed by atoms with Gasteiger partial charge in [0.1, 0.15) is 5.69 Å². The minimum atomic E-state index is -1.05. The van der Waals surface area contributed by atoms with Gasteiger partial charge in [-0.1, -0.05) is 6.07 Å². The summed E-state index contributed by atoms with van der Waals surface area (Å²) in [5.74, 6) is -0.365. The average Bonchev–Trinajstić information content (AvgIpc) is 3.08. The quantitative estimate of drug-likeness (QED) is 0.875. The van der Waals surface area contributed by atoms with E-state index in [9.17, 15) is 9.59 Å². The zero-order valence-corrected chi connectivity index (χ0v) is 11.1. The zero-order valence-electron chi connectivity index (χ0n) is 11.1. The molecule has 2 bridgehead atoms. The van der Waals surface area contributed by atoms with Crippen LogP contribution in [-0.2, 0) is 6.54 Å². The van der Waals surface area contributed by atoms with Crippen LogP contribution in [0, 0.1) is 5.92 Å². The smallest absolute Gasteiger partial charge is 0.354 e. The average molecular weight is 275 g/mol. The van der Waals surface area contributed by atoms with E-state index >= 15 is 0 Å². The standard InChI is InChI=1S/C14H17N3O3/c18-13(19)12-4-2-10(6-15-12)7-16-14(20)17-8-9-1-3-11(17)5-9/h2,4,6,9,11H,1,3,5,7-8H2,(H,16,20)(H,18,19). The predicted octanol–water partition coefficient (Wildman–Crippen LogP) is 1.47. The second-order valence-corrected chi connectivity index (χ2v) is 5.50. The van der Waals surface area contributed by atoms with Crippen molar-refractivity contribution in [3.05, 3.63) is 29.6 Å². The molecule has 0 aromatic carbocycles. The van der Waals surface area contributed by atoms with Gasteiger partial charge in [0.05, 0.1) is 0 Å². The van der Waals surface area contributed by atoms with Gasteiger partial charge in [-0.2, -0.15) is 0 Å². The van der Waals surface area contributed by atoms with Gasteiger partial charge in [0.2, 0.25) is 0 Å². The van der Waals surface area contributed by atoms with E-state index in [0.29, 0.717) is 18.5 Å². The summed E-state index contributed by atoms with van der Waals surface area (Å²) in [6.45, 7) is 1.24. The number of rotatable bonds is 3. The lowest BCUT2D eigenvalue weighted by molar-refractivity contribution is 0.0690. The van der Waals surface area contributed by atoms with Crippen LogP contribution in [-0.4, -0.2) is 39.6 Å². The Morgan fingerprint density at radius 1 is 1.40 bits per heavy atom. The summed E-state index contributed by atoms with van der Waals surface area (Å²) < 4.78 is 0. The number of amides is 2. The van der Waals surface area contributed by atoms with Gasteiger partial charge in [-0.3, -0.25) is 0 Å². The van der Waals surface area contributed by atoms with Gasteiger partial charge in [-0.25, -0.2) is 14.6 Å². The van der Waals surface area contributed by atoms with Crippen molar-refractivity contribution >= 4 is 12.0 Å². The number of carboxylic acids is 1. The molecular weight excluding hydrogens is 258 g/mol. The minimum absolute atomic E-state index is 0.0110. The topological polar surface area (TPSA) is 82.5 Å². The van der Waals surface area contributed by atoms with Crippen molar-refractivity contribution in [2.45, 2.75) is 31.8 Å². The summed E-state index contributed by atoms with van der Waals surface area (Å²) in [4.78, 5) is 28.5. The van der Waals surface area contributed by atoms with Crippen molar-refractivity contribution in [2.75, 3.05) is 6.54 Å². The van der Waals surface area contributed by atoms with Crippen molar-refractivity contribution in [1.29, 1.82) is 0 Å². The Balaban J connectivity index is 1.54. The fourth-order valence-corrected chi connectivity index (χ4v) is 3.11. The maximum atomic E-state index is 12.1. The van der Waals surface area contributed by atoms with Gasteiger partial charge >= 0.3 is 12.0 Å². The Bertz CT molecular complexity index is 529. The number of piperidine rings is 1. The molecule has 0 spiro atoms. The molecule has 6 heteroatoms. The van der Waals surface area contributed by atoms with Crippen LogP contribution < -0.4 is 5.32 Å². The molecule has 1 aromatic heterocycles. The lowest BCUT2D eigenvalue weighted by atomic mass is 10.1. The number of hydrogen-bond acceptors (Lipinski definition) is 3. The molecule has 1 aromatic rings. The molecule has 1 aliphatic heterocycles. The number of nitrogens with one attached hydrogen (secondary N) is 1. The molecule has 2 aliphatic rings. The Morgan fingerprint density at radius 3 is 2.80 bits per heavy atom. The van der Waals surface area contributed by atoms with Crippen LogP contribution in [0.5, 0.6) is 0 Å². The fourth-order valence-electron chi connectivity index (χ4n) is 3.11. The Labute approximate surface area is 116 Å². The molecule has 1 aliphatic carbocycles. The molecule has 1 saturated carbocycles. The molecule has 106 valence electrons. The van der Waals surface area contributed by atoms with Crippen LogP contribution in [0.25, 0.3) is 0 Å². The number of nitrogens with zero attached hydrogens (tertiary/aromatic N) is 2. The maximum Gasteiger partial charge on any atom is 0.354 e. The van der Waals surface area contributed by atoms with Gasteiger partial charge in [-0.15, -0.1) is 0 Å². The number of pyridine rings is 1. The highest BCUT2D eigenvalue weighted by molar-refractivity contribution is 5.85. The number of urea groups is 1. The molecule has 20 heavy (non-hydrogen) atoms. The van der Waals surface area contributed by atoms with Crippen molar-refractivity contribution in [1.82, 2.24) is 15.2 Å². The van der Waals surface area contributed by atoms with Gasteiger partial charge in [0.15, 0.2) is 0 Å². The number of carboxylic acid groups (broad SMARTS) is 1. The van der Waals surface area contributed by atoms with E-state index in [2.05, 4.69) is 10.3 Å². The number of aromatic carboxylic acids is 1. The largest absolute Gasteiger partial charge is 0.477 e. The lowest BCUT2D eigenvalue weighted by Gasteiger charge is -2.27. The normalized spacial score (nSPS) is 23.9. The van der Waals surface area contributed by atoms with Crippen molar-refractivity contribution in [3.63, 3.8) is 0 Å². The third kappa shape index (κ3) is 2.45. The maximum absolute atomic E-state index is 12.1. The van der Waals surface area contributed by atoms with Gasteiger partial charge < -0.3 is 15.3 Å². The van der Waals surface area contributed by atoms with E-state index < -0.39 is 5.97 Å². The summed E-state index contributed by atoms with van der Waals surface area (Å²) >= 11 is 0. The van der Waals surface area contributed by atoms with Crippen LogP contribution in [0.2, 0.25) is 0 Å². The fraction of sp³-hybridized carbons (Fsp3) is 0.500. The van der Waals surface area contributed by atoms with Crippen LogP contribution >= 0.6 is 0 Å². The third-order valence-electron chi connectivity index (χ3n) is 4.16. The lowest BCUT2D eigenvalue weighted by Crippen LogP contribution is -2.44. The summed E-state index contributed by atoms with van der Waals surface area (Å²) in [5.41, 5.74) is 0.810. The molecule has 6 nitrogen and oxygen atoms in total. The van der Waals surface area contributed by atoms with Crippen LogP contribution in [0.3, 0.4) is 0 Å². The van der Waals surface area contributed by atoms with E-state index in [1.807, 2.05) is 4.90 Å². The van der Waals surface area contributed by atoms with E-state index in [-0.39, 0.29) is 11.7 Å². The number of fused-ring (bicyclic) bond motifs is 2.